The van der Waals surface area contributed by atoms with Gasteiger partial charge in [-0.05, 0) is 32.7 Å². The van der Waals surface area contributed by atoms with Crippen LogP contribution in [0.15, 0.2) is 0 Å². The van der Waals surface area contributed by atoms with E-state index >= 15 is 0 Å². The number of hydrogen-bond acceptors (Lipinski definition) is 3. The van der Waals surface area contributed by atoms with Crippen LogP contribution in [0.5, 0.6) is 0 Å². The minimum Gasteiger partial charge on any atom is -0.385 e. The molecule has 0 aromatic carbocycles. The van der Waals surface area contributed by atoms with Crippen molar-refractivity contribution < 1.29 is 9.53 Å². The molecule has 2 N–H and O–H groups in total. The Morgan fingerprint density at radius 2 is 2.06 bits per heavy atom. The van der Waals surface area contributed by atoms with E-state index in [1.54, 1.807) is 7.11 Å². The number of rotatable bonds is 7. The smallest absolute Gasteiger partial charge is 0.237 e. The Kier molecular flexibility index (Phi) is 7.21. The minimum atomic E-state index is -0.103. The van der Waals surface area contributed by atoms with Gasteiger partial charge in [0.1, 0.15) is 0 Å². The molecular formula is C13H26N2O2. The van der Waals surface area contributed by atoms with E-state index in [2.05, 4.69) is 10.6 Å². The highest BCUT2D eigenvalue weighted by molar-refractivity contribution is 5.81. The predicted octanol–water partition coefficient (Wildman–Crippen LogP) is 1.45. The molecule has 1 amide bonds. The van der Waals surface area contributed by atoms with Crippen molar-refractivity contribution in [3.8, 4) is 0 Å². The molecule has 4 heteroatoms. The van der Waals surface area contributed by atoms with Gasteiger partial charge in [0.15, 0.2) is 0 Å². The summed E-state index contributed by atoms with van der Waals surface area (Å²) in [6.07, 6.45) is 7.04. The van der Waals surface area contributed by atoms with E-state index in [1.165, 1.54) is 19.3 Å². The highest BCUT2D eigenvalue weighted by Gasteiger charge is 2.18. The van der Waals surface area contributed by atoms with Crippen LogP contribution in [0.3, 0.4) is 0 Å². The van der Waals surface area contributed by atoms with E-state index in [1.807, 2.05) is 6.92 Å². The Morgan fingerprint density at radius 1 is 1.35 bits per heavy atom. The number of carbonyl (C=O) groups is 1. The first-order valence-corrected chi connectivity index (χ1v) is 6.76. The highest BCUT2D eigenvalue weighted by atomic mass is 16.5. The lowest BCUT2D eigenvalue weighted by atomic mass is 9.95. The molecule has 0 spiro atoms. The number of amides is 1. The van der Waals surface area contributed by atoms with Crippen molar-refractivity contribution in [2.45, 2.75) is 57.5 Å². The second-order valence-electron chi connectivity index (χ2n) is 4.87. The first kappa shape index (κ1) is 14.5. The van der Waals surface area contributed by atoms with Gasteiger partial charge in [-0.2, -0.15) is 0 Å². The fourth-order valence-electron chi connectivity index (χ4n) is 2.20. The predicted molar refractivity (Wildman–Crippen MR) is 69.0 cm³/mol. The van der Waals surface area contributed by atoms with Crippen LogP contribution in [-0.4, -0.2) is 38.3 Å². The average molecular weight is 242 g/mol. The second kappa shape index (κ2) is 8.48. The van der Waals surface area contributed by atoms with Crippen LogP contribution in [-0.2, 0) is 9.53 Å². The molecule has 0 saturated heterocycles. The zero-order chi connectivity index (χ0) is 12.5. The van der Waals surface area contributed by atoms with Gasteiger partial charge in [-0.15, -0.1) is 0 Å². The van der Waals surface area contributed by atoms with Crippen molar-refractivity contribution in [3.05, 3.63) is 0 Å². The fourth-order valence-corrected chi connectivity index (χ4v) is 2.20. The van der Waals surface area contributed by atoms with E-state index in [4.69, 9.17) is 4.74 Å². The van der Waals surface area contributed by atoms with Gasteiger partial charge in [0.25, 0.3) is 0 Å². The summed E-state index contributed by atoms with van der Waals surface area (Å²) >= 11 is 0. The molecule has 4 nitrogen and oxygen atoms in total. The SMILES string of the molecule is COCCCNC(C)C(=O)NC1CCCCC1. The van der Waals surface area contributed by atoms with E-state index in [0.717, 1.165) is 32.4 Å². The van der Waals surface area contributed by atoms with Crippen LogP contribution < -0.4 is 10.6 Å². The van der Waals surface area contributed by atoms with Gasteiger partial charge in [0, 0.05) is 19.8 Å². The standard InChI is InChI=1S/C13H26N2O2/c1-11(14-9-6-10-17-2)13(16)15-12-7-4-3-5-8-12/h11-12,14H,3-10H2,1-2H3,(H,15,16). The van der Waals surface area contributed by atoms with Crippen molar-refractivity contribution in [2.24, 2.45) is 0 Å². The van der Waals surface area contributed by atoms with E-state index in [9.17, 15) is 4.79 Å². The Bertz CT molecular complexity index is 215. The summed E-state index contributed by atoms with van der Waals surface area (Å²) in [6.45, 7) is 3.49. The summed E-state index contributed by atoms with van der Waals surface area (Å²) in [5.41, 5.74) is 0. The summed E-state index contributed by atoms with van der Waals surface area (Å²) in [6, 6.07) is 0.299. The Hall–Kier alpha value is -0.610. The van der Waals surface area contributed by atoms with Crippen LogP contribution in [0.2, 0.25) is 0 Å². The first-order chi connectivity index (χ1) is 8.24. The quantitative estimate of drug-likeness (QED) is 0.664. The van der Waals surface area contributed by atoms with Crippen molar-refractivity contribution in [2.75, 3.05) is 20.3 Å². The van der Waals surface area contributed by atoms with Gasteiger partial charge in [0.05, 0.1) is 6.04 Å². The molecule has 1 rings (SSSR count). The van der Waals surface area contributed by atoms with Crippen molar-refractivity contribution in [1.29, 1.82) is 0 Å². The van der Waals surface area contributed by atoms with E-state index in [-0.39, 0.29) is 11.9 Å². The lowest BCUT2D eigenvalue weighted by Gasteiger charge is -2.24. The average Bonchev–Trinajstić information content (AvgIpc) is 2.35. The molecule has 1 aliphatic carbocycles. The maximum Gasteiger partial charge on any atom is 0.237 e. The molecule has 1 aliphatic rings. The second-order valence-corrected chi connectivity index (χ2v) is 4.87. The largest absolute Gasteiger partial charge is 0.385 e. The van der Waals surface area contributed by atoms with Gasteiger partial charge < -0.3 is 15.4 Å². The molecule has 0 aromatic rings. The monoisotopic (exact) mass is 242 g/mol. The Labute approximate surface area is 104 Å². The number of methoxy groups -OCH3 is 1. The van der Waals surface area contributed by atoms with Gasteiger partial charge in [-0.1, -0.05) is 19.3 Å². The lowest BCUT2D eigenvalue weighted by Crippen LogP contribution is -2.47. The number of carbonyl (C=O) groups excluding carboxylic acids is 1. The van der Waals surface area contributed by atoms with Gasteiger partial charge in [-0.25, -0.2) is 0 Å². The van der Waals surface area contributed by atoms with Crippen LogP contribution in [0.25, 0.3) is 0 Å². The molecule has 1 fully saturated rings. The molecular weight excluding hydrogens is 216 g/mol. The van der Waals surface area contributed by atoms with E-state index < -0.39 is 0 Å². The zero-order valence-corrected chi connectivity index (χ0v) is 11.1. The topological polar surface area (TPSA) is 50.4 Å². The molecule has 17 heavy (non-hydrogen) atoms. The normalized spacial score (nSPS) is 18.9. The fraction of sp³-hybridized carbons (Fsp3) is 0.923. The molecule has 1 unspecified atom stereocenters. The molecule has 0 aromatic heterocycles. The maximum absolute atomic E-state index is 11.9. The molecule has 1 saturated carbocycles. The summed E-state index contributed by atoms with van der Waals surface area (Å²) in [7, 11) is 1.69. The van der Waals surface area contributed by atoms with Crippen LogP contribution in [0.4, 0.5) is 0 Å². The summed E-state index contributed by atoms with van der Waals surface area (Å²) in [5.74, 6) is 0.134. The van der Waals surface area contributed by atoms with Crippen molar-refractivity contribution in [3.63, 3.8) is 0 Å². The Balaban J connectivity index is 2.12. The van der Waals surface area contributed by atoms with Gasteiger partial charge in [0.2, 0.25) is 5.91 Å². The number of nitrogens with one attached hydrogen (secondary N) is 2. The maximum atomic E-state index is 11.9. The van der Waals surface area contributed by atoms with E-state index in [0.29, 0.717) is 6.04 Å². The minimum absolute atomic E-state index is 0.103. The number of ether oxygens (including phenoxy) is 1. The molecule has 0 aliphatic heterocycles. The molecule has 0 radical (unpaired) electrons. The van der Waals surface area contributed by atoms with Crippen LogP contribution >= 0.6 is 0 Å². The van der Waals surface area contributed by atoms with Gasteiger partial charge >= 0.3 is 0 Å². The lowest BCUT2D eigenvalue weighted by molar-refractivity contribution is -0.123. The van der Waals surface area contributed by atoms with Crippen LogP contribution in [0, 0.1) is 0 Å². The van der Waals surface area contributed by atoms with Gasteiger partial charge in [-0.3, -0.25) is 4.79 Å². The zero-order valence-electron chi connectivity index (χ0n) is 11.1. The van der Waals surface area contributed by atoms with Crippen molar-refractivity contribution in [1.82, 2.24) is 10.6 Å². The number of hydrogen-bond donors (Lipinski definition) is 2. The molecule has 1 atom stereocenters. The first-order valence-electron chi connectivity index (χ1n) is 6.76. The molecule has 0 heterocycles. The summed E-state index contributed by atoms with van der Waals surface area (Å²) < 4.78 is 4.97. The summed E-state index contributed by atoms with van der Waals surface area (Å²) in [5, 5.41) is 6.34. The molecule has 100 valence electrons. The van der Waals surface area contributed by atoms with Crippen molar-refractivity contribution >= 4 is 5.91 Å². The van der Waals surface area contributed by atoms with Crippen LogP contribution in [0.1, 0.15) is 45.4 Å². The third-order valence-corrected chi connectivity index (χ3v) is 3.32. The Morgan fingerprint density at radius 3 is 2.71 bits per heavy atom. The highest BCUT2D eigenvalue weighted by Crippen LogP contribution is 2.17. The summed E-state index contributed by atoms with van der Waals surface area (Å²) in [4.78, 5) is 11.9. The third kappa shape index (κ3) is 6.03. The third-order valence-electron chi connectivity index (χ3n) is 3.32. The molecule has 0 bridgehead atoms.